The fourth-order valence-corrected chi connectivity index (χ4v) is 3.14. The number of hydrogen-bond donors (Lipinski definition) is 0. The SMILES string of the molecule is CCC(C)N(CC(=O)N(CCOC)Cc1cccn1C)C(=O)c1ccc([N+](=O)[O-])cc1. The van der Waals surface area contributed by atoms with E-state index in [2.05, 4.69) is 0 Å². The summed E-state index contributed by atoms with van der Waals surface area (Å²) in [6.07, 6.45) is 2.58. The van der Waals surface area contributed by atoms with Gasteiger partial charge >= 0.3 is 0 Å². The van der Waals surface area contributed by atoms with Crippen LogP contribution >= 0.6 is 0 Å². The van der Waals surface area contributed by atoms with Gasteiger partial charge in [0.1, 0.15) is 6.54 Å². The standard InChI is InChI=1S/C22H30N4O5/c1-5-17(2)25(22(28)18-8-10-19(11-9-18)26(29)30)16-21(27)24(13-14-31-4)15-20-7-6-12-23(20)3/h6-12,17H,5,13-16H2,1-4H3. The van der Waals surface area contributed by atoms with E-state index >= 15 is 0 Å². The average molecular weight is 431 g/mol. The van der Waals surface area contributed by atoms with Crippen molar-refractivity contribution >= 4 is 17.5 Å². The van der Waals surface area contributed by atoms with E-state index in [1.807, 2.05) is 43.8 Å². The molecule has 1 atom stereocenters. The van der Waals surface area contributed by atoms with Gasteiger partial charge in [0.05, 0.1) is 18.1 Å². The number of carbonyl (C=O) groups excluding carboxylic acids is 2. The van der Waals surface area contributed by atoms with E-state index in [1.165, 1.54) is 29.2 Å². The normalized spacial score (nSPS) is 11.7. The van der Waals surface area contributed by atoms with Crippen molar-refractivity contribution in [1.82, 2.24) is 14.4 Å². The molecule has 9 heteroatoms. The molecule has 9 nitrogen and oxygen atoms in total. The van der Waals surface area contributed by atoms with E-state index in [4.69, 9.17) is 4.74 Å². The molecule has 0 spiro atoms. The van der Waals surface area contributed by atoms with Gasteiger partial charge in [0.25, 0.3) is 11.6 Å². The second-order valence-electron chi connectivity index (χ2n) is 7.41. The Morgan fingerprint density at radius 2 is 1.90 bits per heavy atom. The first-order valence-electron chi connectivity index (χ1n) is 10.2. The number of aryl methyl sites for hydroxylation is 1. The highest BCUT2D eigenvalue weighted by molar-refractivity contribution is 5.97. The second-order valence-corrected chi connectivity index (χ2v) is 7.41. The van der Waals surface area contributed by atoms with Gasteiger partial charge in [-0.2, -0.15) is 0 Å². The summed E-state index contributed by atoms with van der Waals surface area (Å²) in [7, 11) is 3.49. The number of non-ortho nitro benzene ring substituents is 1. The van der Waals surface area contributed by atoms with E-state index in [0.29, 0.717) is 31.7 Å². The third-order valence-corrected chi connectivity index (χ3v) is 5.34. The van der Waals surface area contributed by atoms with Crippen LogP contribution in [0.2, 0.25) is 0 Å². The van der Waals surface area contributed by atoms with Crippen LogP contribution in [0, 0.1) is 10.1 Å². The van der Waals surface area contributed by atoms with Crippen molar-refractivity contribution in [3.8, 4) is 0 Å². The Kier molecular flexibility index (Phi) is 8.75. The lowest BCUT2D eigenvalue weighted by Crippen LogP contribution is -2.47. The summed E-state index contributed by atoms with van der Waals surface area (Å²) in [5, 5.41) is 10.9. The van der Waals surface area contributed by atoms with E-state index in [0.717, 1.165) is 5.69 Å². The molecule has 0 aliphatic heterocycles. The van der Waals surface area contributed by atoms with Gasteiger partial charge < -0.3 is 19.1 Å². The highest BCUT2D eigenvalue weighted by Crippen LogP contribution is 2.16. The number of nitrogens with zero attached hydrogens (tertiary/aromatic N) is 4. The Labute approximate surface area is 182 Å². The fourth-order valence-electron chi connectivity index (χ4n) is 3.14. The molecule has 1 unspecified atom stereocenters. The molecule has 31 heavy (non-hydrogen) atoms. The molecule has 2 aromatic rings. The minimum Gasteiger partial charge on any atom is -0.383 e. The van der Waals surface area contributed by atoms with Crippen LogP contribution in [0.4, 0.5) is 5.69 Å². The topological polar surface area (TPSA) is 97.9 Å². The smallest absolute Gasteiger partial charge is 0.269 e. The molecule has 2 rings (SSSR count). The largest absolute Gasteiger partial charge is 0.383 e. The molecule has 0 aliphatic carbocycles. The molecule has 0 saturated heterocycles. The van der Waals surface area contributed by atoms with Gasteiger partial charge in [0.2, 0.25) is 5.91 Å². The predicted molar refractivity (Wildman–Crippen MR) is 117 cm³/mol. The number of ether oxygens (including phenoxy) is 1. The summed E-state index contributed by atoms with van der Waals surface area (Å²) in [5.41, 5.74) is 1.20. The van der Waals surface area contributed by atoms with Gasteiger partial charge in [-0.25, -0.2) is 0 Å². The monoisotopic (exact) mass is 430 g/mol. The van der Waals surface area contributed by atoms with Crippen LogP contribution in [0.25, 0.3) is 0 Å². The highest BCUT2D eigenvalue weighted by atomic mass is 16.6. The molecule has 0 saturated carbocycles. The van der Waals surface area contributed by atoms with Crippen LogP contribution in [0.5, 0.6) is 0 Å². The van der Waals surface area contributed by atoms with E-state index in [9.17, 15) is 19.7 Å². The molecular formula is C22H30N4O5. The first kappa shape index (κ1) is 24.1. The van der Waals surface area contributed by atoms with Gasteiger partial charge in [-0.3, -0.25) is 19.7 Å². The Morgan fingerprint density at radius 3 is 2.42 bits per heavy atom. The van der Waals surface area contributed by atoms with Crippen LogP contribution in [0.15, 0.2) is 42.6 Å². The lowest BCUT2D eigenvalue weighted by molar-refractivity contribution is -0.384. The van der Waals surface area contributed by atoms with Gasteiger partial charge in [-0.1, -0.05) is 6.92 Å². The van der Waals surface area contributed by atoms with Crippen molar-refractivity contribution in [3.05, 3.63) is 64.0 Å². The molecule has 0 radical (unpaired) electrons. The molecule has 2 amide bonds. The Bertz CT molecular complexity index is 894. The molecule has 1 heterocycles. The number of benzene rings is 1. The van der Waals surface area contributed by atoms with Crippen LogP contribution in [-0.2, 0) is 23.1 Å². The van der Waals surface area contributed by atoms with Crippen molar-refractivity contribution in [3.63, 3.8) is 0 Å². The minimum absolute atomic E-state index is 0.0844. The van der Waals surface area contributed by atoms with Crippen molar-refractivity contribution in [2.75, 3.05) is 26.8 Å². The maximum atomic E-state index is 13.2. The summed E-state index contributed by atoms with van der Waals surface area (Å²) >= 11 is 0. The Morgan fingerprint density at radius 1 is 1.23 bits per heavy atom. The molecule has 168 valence electrons. The van der Waals surface area contributed by atoms with Crippen molar-refractivity contribution in [2.45, 2.75) is 32.9 Å². The molecule has 0 aliphatic rings. The number of carbonyl (C=O) groups is 2. The van der Waals surface area contributed by atoms with Gasteiger partial charge in [0.15, 0.2) is 0 Å². The summed E-state index contributed by atoms with van der Waals surface area (Å²) < 4.78 is 7.10. The zero-order valence-electron chi connectivity index (χ0n) is 18.5. The Balaban J connectivity index is 2.21. The summed E-state index contributed by atoms with van der Waals surface area (Å²) in [5.74, 6) is -0.517. The minimum atomic E-state index is -0.512. The van der Waals surface area contributed by atoms with Crippen LogP contribution in [0.3, 0.4) is 0 Å². The lowest BCUT2D eigenvalue weighted by atomic mass is 10.1. The summed E-state index contributed by atoms with van der Waals surface area (Å²) in [6.45, 7) is 4.94. The predicted octanol–water partition coefficient (Wildman–Crippen LogP) is 2.85. The molecule has 0 fully saturated rings. The third kappa shape index (κ3) is 6.39. The van der Waals surface area contributed by atoms with Gasteiger partial charge in [0, 0.05) is 56.3 Å². The van der Waals surface area contributed by atoms with Crippen molar-refractivity contribution < 1.29 is 19.2 Å². The number of hydrogen-bond acceptors (Lipinski definition) is 5. The summed E-state index contributed by atoms with van der Waals surface area (Å²) in [4.78, 5) is 39.9. The van der Waals surface area contributed by atoms with Crippen LogP contribution in [0.1, 0.15) is 36.3 Å². The average Bonchev–Trinajstić information content (AvgIpc) is 3.18. The number of aromatic nitrogens is 1. The highest BCUT2D eigenvalue weighted by Gasteiger charge is 2.26. The van der Waals surface area contributed by atoms with Crippen molar-refractivity contribution in [1.29, 1.82) is 0 Å². The number of amides is 2. The Hall–Kier alpha value is -3.20. The van der Waals surface area contributed by atoms with E-state index in [-0.39, 0.29) is 30.1 Å². The number of methoxy groups -OCH3 is 1. The number of nitro benzene ring substituents is 1. The number of rotatable bonds is 11. The van der Waals surface area contributed by atoms with E-state index < -0.39 is 4.92 Å². The molecule has 1 aromatic carbocycles. The third-order valence-electron chi connectivity index (χ3n) is 5.34. The number of nitro groups is 1. The quantitative estimate of drug-likeness (QED) is 0.403. The molecule has 0 bridgehead atoms. The van der Waals surface area contributed by atoms with Crippen LogP contribution < -0.4 is 0 Å². The lowest BCUT2D eigenvalue weighted by Gasteiger charge is -2.31. The maximum Gasteiger partial charge on any atom is 0.269 e. The summed E-state index contributed by atoms with van der Waals surface area (Å²) in [6, 6.07) is 9.12. The van der Waals surface area contributed by atoms with Gasteiger partial charge in [-0.05, 0) is 37.6 Å². The molecule has 0 N–H and O–H groups in total. The second kappa shape index (κ2) is 11.3. The van der Waals surface area contributed by atoms with Gasteiger partial charge in [-0.15, -0.1) is 0 Å². The first-order chi connectivity index (χ1) is 14.8. The van der Waals surface area contributed by atoms with Crippen molar-refractivity contribution in [2.24, 2.45) is 7.05 Å². The fraction of sp³-hybridized carbons (Fsp3) is 0.455. The maximum absolute atomic E-state index is 13.2. The zero-order valence-corrected chi connectivity index (χ0v) is 18.5. The molecular weight excluding hydrogens is 400 g/mol. The van der Waals surface area contributed by atoms with Crippen LogP contribution in [-0.4, -0.2) is 64.0 Å². The zero-order chi connectivity index (χ0) is 23.0. The van der Waals surface area contributed by atoms with E-state index in [1.54, 1.807) is 12.0 Å². The molecule has 1 aromatic heterocycles. The first-order valence-corrected chi connectivity index (χ1v) is 10.2.